The van der Waals surface area contributed by atoms with Gasteiger partial charge in [0.2, 0.25) is 5.91 Å². The van der Waals surface area contributed by atoms with E-state index in [9.17, 15) is 4.79 Å². The van der Waals surface area contributed by atoms with Crippen molar-refractivity contribution in [3.8, 4) is 5.75 Å². The first kappa shape index (κ1) is 12.2. The first-order chi connectivity index (χ1) is 8.74. The van der Waals surface area contributed by atoms with Crippen molar-refractivity contribution in [2.24, 2.45) is 0 Å². The lowest BCUT2D eigenvalue weighted by Crippen LogP contribution is -2.12. The van der Waals surface area contributed by atoms with Gasteiger partial charge >= 0.3 is 0 Å². The molecule has 2 aromatic carbocycles. The molecule has 2 N–H and O–H groups in total. The third-order valence-electron chi connectivity index (χ3n) is 2.63. The summed E-state index contributed by atoms with van der Waals surface area (Å²) in [7, 11) is 0. The second-order valence-corrected chi connectivity index (χ2v) is 4.08. The molecule has 18 heavy (non-hydrogen) atoms. The SMILES string of the molecule is O=C(CCc1ccccc1)Nc1ccc(O)cc1. The second kappa shape index (κ2) is 5.87. The van der Waals surface area contributed by atoms with E-state index >= 15 is 0 Å². The fourth-order valence-electron chi connectivity index (χ4n) is 1.67. The molecule has 3 heteroatoms. The van der Waals surface area contributed by atoms with Crippen LogP contribution in [0, 0.1) is 0 Å². The van der Waals surface area contributed by atoms with Gasteiger partial charge in [0.1, 0.15) is 5.75 Å². The number of hydrogen-bond acceptors (Lipinski definition) is 2. The molecule has 0 heterocycles. The largest absolute Gasteiger partial charge is 0.508 e. The van der Waals surface area contributed by atoms with Crippen LogP contribution >= 0.6 is 0 Å². The van der Waals surface area contributed by atoms with Gasteiger partial charge in [0.15, 0.2) is 0 Å². The molecule has 0 saturated carbocycles. The molecule has 2 rings (SSSR count). The molecular weight excluding hydrogens is 226 g/mol. The Balaban J connectivity index is 1.84. The number of amides is 1. The molecule has 0 bridgehead atoms. The van der Waals surface area contributed by atoms with Gasteiger partial charge in [-0.05, 0) is 36.2 Å². The van der Waals surface area contributed by atoms with Crippen molar-refractivity contribution in [3.63, 3.8) is 0 Å². The smallest absolute Gasteiger partial charge is 0.224 e. The van der Waals surface area contributed by atoms with Crippen LogP contribution in [0.2, 0.25) is 0 Å². The predicted molar refractivity (Wildman–Crippen MR) is 71.5 cm³/mol. The third kappa shape index (κ3) is 3.63. The van der Waals surface area contributed by atoms with Crippen LogP contribution in [0.15, 0.2) is 54.6 Å². The van der Waals surface area contributed by atoms with E-state index in [2.05, 4.69) is 5.32 Å². The van der Waals surface area contributed by atoms with Gasteiger partial charge < -0.3 is 10.4 Å². The summed E-state index contributed by atoms with van der Waals surface area (Å²) in [6, 6.07) is 16.4. The summed E-state index contributed by atoms with van der Waals surface area (Å²) in [4.78, 5) is 11.7. The maximum atomic E-state index is 11.7. The van der Waals surface area contributed by atoms with Gasteiger partial charge in [0.05, 0.1) is 0 Å². The number of phenols is 1. The number of carbonyl (C=O) groups is 1. The molecule has 0 unspecified atom stereocenters. The molecule has 0 aromatic heterocycles. The van der Waals surface area contributed by atoms with Gasteiger partial charge in [-0.1, -0.05) is 30.3 Å². The maximum Gasteiger partial charge on any atom is 0.224 e. The van der Waals surface area contributed by atoms with E-state index in [1.54, 1.807) is 24.3 Å². The minimum Gasteiger partial charge on any atom is -0.508 e. The summed E-state index contributed by atoms with van der Waals surface area (Å²) >= 11 is 0. The number of benzene rings is 2. The Morgan fingerprint density at radius 3 is 2.33 bits per heavy atom. The number of phenolic OH excluding ortho intramolecular Hbond substituents is 1. The van der Waals surface area contributed by atoms with Crippen molar-refractivity contribution in [1.29, 1.82) is 0 Å². The molecule has 92 valence electrons. The molecule has 0 aliphatic heterocycles. The number of rotatable bonds is 4. The van der Waals surface area contributed by atoms with E-state index in [1.165, 1.54) is 0 Å². The van der Waals surface area contributed by atoms with Crippen molar-refractivity contribution in [2.75, 3.05) is 5.32 Å². The van der Waals surface area contributed by atoms with Gasteiger partial charge in [-0.15, -0.1) is 0 Å². The lowest BCUT2D eigenvalue weighted by molar-refractivity contribution is -0.116. The van der Waals surface area contributed by atoms with Gasteiger partial charge in [0.25, 0.3) is 0 Å². The molecule has 0 aliphatic carbocycles. The normalized spacial score (nSPS) is 10.0. The summed E-state index contributed by atoms with van der Waals surface area (Å²) in [5.41, 5.74) is 1.85. The molecule has 1 amide bonds. The molecule has 0 fully saturated rings. The highest BCUT2D eigenvalue weighted by Crippen LogP contribution is 2.14. The van der Waals surface area contributed by atoms with Crippen LogP contribution in [0.1, 0.15) is 12.0 Å². The lowest BCUT2D eigenvalue weighted by atomic mass is 10.1. The highest BCUT2D eigenvalue weighted by Gasteiger charge is 2.02. The van der Waals surface area contributed by atoms with Crippen molar-refractivity contribution >= 4 is 11.6 Å². The summed E-state index contributed by atoms with van der Waals surface area (Å²) in [6.07, 6.45) is 1.18. The molecule has 0 radical (unpaired) electrons. The molecule has 0 spiro atoms. The lowest BCUT2D eigenvalue weighted by Gasteiger charge is -2.05. The van der Waals surface area contributed by atoms with Gasteiger partial charge in [-0.2, -0.15) is 0 Å². The number of aromatic hydroxyl groups is 1. The number of nitrogens with one attached hydrogen (secondary N) is 1. The maximum absolute atomic E-state index is 11.7. The Hall–Kier alpha value is -2.29. The van der Waals surface area contributed by atoms with E-state index in [0.29, 0.717) is 12.1 Å². The standard InChI is InChI=1S/C15H15NO2/c17-14-9-7-13(8-10-14)16-15(18)11-6-12-4-2-1-3-5-12/h1-5,7-10,17H,6,11H2,(H,16,18). The average molecular weight is 241 g/mol. The summed E-state index contributed by atoms with van der Waals surface area (Å²) < 4.78 is 0. The summed E-state index contributed by atoms with van der Waals surface area (Å²) in [5.74, 6) is 0.168. The minimum atomic E-state index is -0.0236. The van der Waals surface area contributed by atoms with Crippen molar-refractivity contribution < 1.29 is 9.90 Å². The third-order valence-corrected chi connectivity index (χ3v) is 2.63. The average Bonchev–Trinajstić information content (AvgIpc) is 2.40. The fourth-order valence-corrected chi connectivity index (χ4v) is 1.67. The van der Waals surface area contributed by atoms with E-state index in [-0.39, 0.29) is 11.7 Å². The quantitative estimate of drug-likeness (QED) is 0.808. The van der Waals surface area contributed by atoms with Crippen LogP contribution in [0.5, 0.6) is 5.75 Å². The minimum absolute atomic E-state index is 0.0236. The van der Waals surface area contributed by atoms with E-state index in [1.807, 2.05) is 30.3 Å². The molecule has 0 atom stereocenters. The van der Waals surface area contributed by atoms with Crippen LogP contribution < -0.4 is 5.32 Å². The van der Waals surface area contributed by atoms with E-state index in [0.717, 1.165) is 12.0 Å². The Labute approximate surface area is 106 Å². The van der Waals surface area contributed by atoms with Crippen molar-refractivity contribution in [3.05, 3.63) is 60.2 Å². The first-order valence-corrected chi connectivity index (χ1v) is 5.87. The topological polar surface area (TPSA) is 49.3 Å². The molecule has 2 aromatic rings. The number of anilines is 1. The number of carbonyl (C=O) groups excluding carboxylic acids is 1. The van der Waals surface area contributed by atoms with Crippen molar-refractivity contribution in [1.82, 2.24) is 0 Å². The van der Waals surface area contributed by atoms with Gasteiger partial charge in [-0.25, -0.2) is 0 Å². The Bertz CT molecular complexity index is 506. The van der Waals surface area contributed by atoms with Crippen LogP contribution in [0.3, 0.4) is 0 Å². The number of aryl methyl sites for hydroxylation is 1. The fraction of sp³-hybridized carbons (Fsp3) is 0.133. The zero-order valence-corrected chi connectivity index (χ0v) is 9.97. The van der Waals surface area contributed by atoms with Crippen LogP contribution in [-0.2, 0) is 11.2 Å². The Morgan fingerprint density at radius 2 is 1.67 bits per heavy atom. The van der Waals surface area contributed by atoms with Crippen LogP contribution in [-0.4, -0.2) is 11.0 Å². The highest BCUT2D eigenvalue weighted by molar-refractivity contribution is 5.90. The zero-order chi connectivity index (χ0) is 12.8. The first-order valence-electron chi connectivity index (χ1n) is 5.87. The highest BCUT2D eigenvalue weighted by atomic mass is 16.3. The number of hydrogen-bond donors (Lipinski definition) is 2. The Morgan fingerprint density at radius 1 is 1.00 bits per heavy atom. The van der Waals surface area contributed by atoms with Crippen LogP contribution in [0.4, 0.5) is 5.69 Å². The van der Waals surface area contributed by atoms with Crippen LogP contribution in [0.25, 0.3) is 0 Å². The van der Waals surface area contributed by atoms with E-state index in [4.69, 9.17) is 5.11 Å². The molecule has 0 aliphatic rings. The molecular formula is C15H15NO2. The summed E-state index contributed by atoms with van der Waals surface area (Å²) in [5, 5.41) is 11.9. The predicted octanol–water partition coefficient (Wildman–Crippen LogP) is 2.96. The monoisotopic (exact) mass is 241 g/mol. The summed E-state index contributed by atoms with van der Waals surface area (Å²) in [6.45, 7) is 0. The second-order valence-electron chi connectivity index (χ2n) is 4.08. The molecule has 3 nitrogen and oxygen atoms in total. The van der Waals surface area contributed by atoms with Gasteiger partial charge in [-0.3, -0.25) is 4.79 Å². The van der Waals surface area contributed by atoms with E-state index < -0.39 is 0 Å². The Kier molecular flexibility index (Phi) is 3.97. The van der Waals surface area contributed by atoms with Gasteiger partial charge in [0, 0.05) is 12.1 Å². The van der Waals surface area contributed by atoms with Crippen molar-refractivity contribution in [2.45, 2.75) is 12.8 Å². The molecule has 0 saturated heterocycles. The zero-order valence-electron chi connectivity index (χ0n) is 9.97.